The van der Waals surface area contributed by atoms with Gasteiger partial charge in [-0.05, 0) is 49.3 Å². The summed E-state index contributed by atoms with van der Waals surface area (Å²) < 4.78 is 0. The zero-order chi connectivity index (χ0) is 17.3. The summed E-state index contributed by atoms with van der Waals surface area (Å²) in [5.41, 5.74) is 8.56. The molecule has 1 aromatic rings. The molecule has 0 radical (unpaired) electrons. The highest BCUT2D eigenvalue weighted by molar-refractivity contribution is 6.03. The molecule has 3 atom stereocenters. The maximum absolute atomic E-state index is 12.6. The van der Waals surface area contributed by atoms with Gasteiger partial charge in [0.1, 0.15) is 12.2 Å². The highest BCUT2D eigenvalue weighted by Crippen LogP contribution is 2.41. The molecule has 6 heteroatoms. The molecule has 1 aromatic carbocycles. The Bertz CT molecular complexity index is 695. The lowest BCUT2D eigenvalue weighted by atomic mass is 9.97. The van der Waals surface area contributed by atoms with Crippen LogP contribution in [0.2, 0.25) is 0 Å². The van der Waals surface area contributed by atoms with Crippen LogP contribution in [0.25, 0.3) is 0 Å². The average molecular weight is 327 g/mol. The van der Waals surface area contributed by atoms with Crippen LogP contribution in [0.4, 0.5) is 10.5 Å². The zero-order valence-corrected chi connectivity index (χ0v) is 14.5. The van der Waals surface area contributed by atoms with Crippen LogP contribution < -0.4 is 11.1 Å². The monoisotopic (exact) mass is 327 g/mol. The topological polar surface area (TPSA) is 83.1 Å². The van der Waals surface area contributed by atoms with Crippen LogP contribution in [0.1, 0.15) is 30.9 Å². The van der Waals surface area contributed by atoms with E-state index in [9.17, 15) is 4.79 Å². The number of nitrogens with one attached hydrogen (secondary N) is 1. The number of hydrogen-bond acceptors (Lipinski definition) is 2. The van der Waals surface area contributed by atoms with Crippen molar-refractivity contribution in [1.82, 2.24) is 4.90 Å². The molecule has 2 aliphatic rings. The van der Waals surface area contributed by atoms with Crippen LogP contribution in [-0.2, 0) is 0 Å². The number of amidine groups is 1. The molecule has 128 valence electrons. The summed E-state index contributed by atoms with van der Waals surface area (Å²) >= 11 is 0. The third-order valence-electron chi connectivity index (χ3n) is 5.23. The maximum Gasteiger partial charge on any atom is 0.322 e. The minimum atomic E-state index is -0.0187. The predicted octanol–water partition coefficient (Wildman–Crippen LogP) is 2.62. The van der Waals surface area contributed by atoms with E-state index in [1.54, 1.807) is 7.05 Å². The van der Waals surface area contributed by atoms with Gasteiger partial charge >= 0.3 is 6.03 Å². The first-order valence-electron chi connectivity index (χ1n) is 8.42. The summed E-state index contributed by atoms with van der Waals surface area (Å²) in [5.74, 6) is 1.79. The highest BCUT2D eigenvalue weighted by atomic mass is 16.2. The lowest BCUT2D eigenvalue weighted by molar-refractivity contribution is 0.181. The number of likely N-dealkylation sites (tertiary alicyclic amines) is 1. The number of piperidine rings is 1. The van der Waals surface area contributed by atoms with E-state index in [4.69, 9.17) is 5.73 Å². The largest absolute Gasteiger partial charge is 0.383 e. The first-order chi connectivity index (χ1) is 11.5. The second-order valence-corrected chi connectivity index (χ2v) is 6.86. The van der Waals surface area contributed by atoms with E-state index < -0.39 is 0 Å². The number of nitrogens with two attached hydrogens (primary N) is 1. The lowest BCUT2D eigenvalue weighted by Gasteiger charge is -2.30. The number of aliphatic imine (C=N–C) groups is 2. The summed E-state index contributed by atoms with van der Waals surface area (Å²) in [6.45, 7) is 5.12. The van der Waals surface area contributed by atoms with Gasteiger partial charge in [0.25, 0.3) is 0 Å². The fourth-order valence-electron chi connectivity index (χ4n) is 3.82. The molecule has 1 saturated heterocycles. The molecular weight excluding hydrogens is 302 g/mol. The second kappa shape index (κ2) is 6.63. The molecule has 1 aliphatic heterocycles. The number of aryl methyl sites for hydroxylation is 1. The number of amides is 2. The summed E-state index contributed by atoms with van der Waals surface area (Å²) in [5, 5.41) is 3.00. The third-order valence-corrected chi connectivity index (χ3v) is 5.23. The fourth-order valence-corrected chi connectivity index (χ4v) is 3.82. The van der Waals surface area contributed by atoms with Gasteiger partial charge in [0.15, 0.2) is 0 Å². The number of nitrogens with zero attached hydrogens (tertiary/aromatic N) is 3. The Labute approximate surface area is 142 Å². The summed E-state index contributed by atoms with van der Waals surface area (Å²) in [6.07, 6.45) is 3.68. The second-order valence-electron chi connectivity index (χ2n) is 6.86. The molecule has 0 spiro atoms. The van der Waals surface area contributed by atoms with E-state index >= 15 is 0 Å². The number of urea groups is 1. The quantitative estimate of drug-likeness (QED) is 0.661. The van der Waals surface area contributed by atoms with E-state index in [-0.39, 0.29) is 6.03 Å². The Morgan fingerprint density at radius 1 is 1.42 bits per heavy atom. The Morgan fingerprint density at radius 2 is 2.21 bits per heavy atom. The molecule has 2 fully saturated rings. The number of carbonyl (C=O) groups is 1. The van der Waals surface area contributed by atoms with Gasteiger partial charge < -0.3 is 16.0 Å². The summed E-state index contributed by atoms with van der Waals surface area (Å²) in [7, 11) is 1.64. The van der Waals surface area contributed by atoms with Gasteiger partial charge in [-0.15, -0.1) is 0 Å². The van der Waals surface area contributed by atoms with Crippen molar-refractivity contribution in [2.45, 2.75) is 32.7 Å². The molecule has 2 bridgehead atoms. The standard InChI is InChI=1S/C18H25N5O/c1-11-4-5-14(8-16(11)17(19)21-10-20-3)22-18(24)23-9-13-7-15(23)6-12(13)2/h4-5,8,10,12-13,15H,6-7,9H2,1-3H3,(H,22,24)(H2,19,20,21). The van der Waals surface area contributed by atoms with Crippen molar-refractivity contribution in [2.75, 3.05) is 18.9 Å². The molecule has 1 heterocycles. The molecule has 1 saturated carbocycles. The van der Waals surface area contributed by atoms with Crippen molar-refractivity contribution in [3.05, 3.63) is 29.3 Å². The Balaban J connectivity index is 1.73. The smallest absolute Gasteiger partial charge is 0.322 e. The molecular formula is C18H25N5O. The van der Waals surface area contributed by atoms with Gasteiger partial charge in [-0.3, -0.25) is 4.99 Å². The minimum Gasteiger partial charge on any atom is -0.383 e. The number of benzene rings is 1. The number of carbonyl (C=O) groups excluding carboxylic acids is 1. The predicted molar refractivity (Wildman–Crippen MR) is 97.7 cm³/mol. The number of hydrogen-bond donors (Lipinski definition) is 2. The third kappa shape index (κ3) is 3.13. The highest BCUT2D eigenvalue weighted by Gasteiger charge is 2.44. The summed E-state index contributed by atoms with van der Waals surface area (Å²) in [6, 6.07) is 6.08. The average Bonchev–Trinajstić information content (AvgIpc) is 3.13. The van der Waals surface area contributed by atoms with E-state index in [1.807, 2.05) is 30.0 Å². The van der Waals surface area contributed by atoms with Crippen molar-refractivity contribution in [1.29, 1.82) is 0 Å². The van der Waals surface area contributed by atoms with E-state index in [0.29, 0.717) is 17.8 Å². The molecule has 1 aliphatic carbocycles. The van der Waals surface area contributed by atoms with Crippen LogP contribution in [0, 0.1) is 18.8 Å². The molecule has 3 unspecified atom stereocenters. The lowest BCUT2D eigenvalue weighted by Crippen LogP contribution is -2.42. The maximum atomic E-state index is 12.6. The van der Waals surface area contributed by atoms with Crippen LogP contribution in [-0.4, -0.2) is 42.7 Å². The fraction of sp³-hybridized carbons (Fsp3) is 0.500. The summed E-state index contributed by atoms with van der Waals surface area (Å²) in [4.78, 5) is 22.5. The van der Waals surface area contributed by atoms with E-state index in [1.165, 1.54) is 6.34 Å². The number of rotatable bonds is 3. The SMILES string of the molecule is CN=CN=C(N)c1cc(NC(=O)N2CC3CC2CC3C)ccc1C. The van der Waals surface area contributed by atoms with Gasteiger partial charge in [0, 0.05) is 30.9 Å². The van der Waals surface area contributed by atoms with E-state index in [2.05, 4.69) is 22.2 Å². The molecule has 3 N–H and O–H groups in total. The molecule has 2 amide bonds. The van der Waals surface area contributed by atoms with Crippen molar-refractivity contribution in [3.8, 4) is 0 Å². The first kappa shape index (κ1) is 16.5. The van der Waals surface area contributed by atoms with Gasteiger partial charge in [-0.2, -0.15) is 0 Å². The number of fused-ring (bicyclic) bond motifs is 2. The van der Waals surface area contributed by atoms with Gasteiger partial charge in [0.05, 0.1) is 0 Å². The Kier molecular flexibility index (Phi) is 4.55. The van der Waals surface area contributed by atoms with E-state index in [0.717, 1.165) is 42.1 Å². The minimum absolute atomic E-state index is 0.0187. The number of anilines is 1. The molecule has 6 nitrogen and oxygen atoms in total. The van der Waals surface area contributed by atoms with Crippen LogP contribution in [0.3, 0.4) is 0 Å². The molecule has 0 aromatic heterocycles. The first-order valence-corrected chi connectivity index (χ1v) is 8.42. The zero-order valence-electron chi connectivity index (χ0n) is 14.5. The Hall–Kier alpha value is -2.37. The van der Waals surface area contributed by atoms with Crippen molar-refractivity contribution >= 4 is 23.9 Å². The van der Waals surface area contributed by atoms with Crippen LogP contribution in [0.15, 0.2) is 28.2 Å². The molecule has 3 rings (SSSR count). The Morgan fingerprint density at radius 3 is 2.83 bits per heavy atom. The van der Waals surface area contributed by atoms with Crippen LogP contribution >= 0.6 is 0 Å². The van der Waals surface area contributed by atoms with Crippen molar-refractivity contribution in [3.63, 3.8) is 0 Å². The van der Waals surface area contributed by atoms with Crippen molar-refractivity contribution < 1.29 is 4.79 Å². The van der Waals surface area contributed by atoms with Gasteiger partial charge in [-0.25, -0.2) is 9.79 Å². The van der Waals surface area contributed by atoms with Crippen molar-refractivity contribution in [2.24, 2.45) is 27.6 Å². The normalized spacial score (nSPS) is 26.4. The van der Waals surface area contributed by atoms with Gasteiger partial charge in [0.2, 0.25) is 0 Å². The molecule has 24 heavy (non-hydrogen) atoms. The van der Waals surface area contributed by atoms with Crippen LogP contribution in [0.5, 0.6) is 0 Å². The van der Waals surface area contributed by atoms with Gasteiger partial charge in [-0.1, -0.05) is 13.0 Å².